The maximum Gasteiger partial charge on any atom is 0.227 e. The molecule has 1 amide bonds. The molecular weight excluding hydrogens is 324 g/mol. The summed E-state index contributed by atoms with van der Waals surface area (Å²) in [7, 11) is 0. The van der Waals surface area contributed by atoms with Crippen molar-refractivity contribution in [2.45, 2.75) is 44.3 Å². The minimum Gasteiger partial charge on any atom is -0.393 e. The summed E-state index contributed by atoms with van der Waals surface area (Å²) in [6, 6.07) is 0. The highest BCUT2D eigenvalue weighted by atomic mass is 16.5. The average Bonchev–Trinajstić information content (AvgIpc) is 3.03. The summed E-state index contributed by atoms with van der Waals surface area (Å²) in [6.07, 6.45) is 2.66. The topological polar surface area (TPSA) is 135 Å². The van der Waals surface area contributed by atoms with Gasteiger partial charge in [-0.25, -0.2) is 0 Å². The molecule has 2 aliphatic heterocycles. The zero-order valence-corrected chi connectivity index (χ0v) is 14.3. The molecule has 0 atom stereocenters. The molecule has 1 aromatic rings. The van der Waals surface area contributed by atoms with E-state index in [1.54, 1.807) is 6.92 Å². The fourth-order valence-electron chi connectivity index (χ4n) is 4.22. The molecule has 0 aromatic carbocycles. The highest BCUT2D eigenvalue weighted by Crippen LogP contribution is 2.57. The van der Waals surface area contributed by atoms with E-state index < -0.39 is 0 Å². The summed E-state index contributed by atoms with van der Waals surface area (Å²) in [6.45, 7) is 3.67. The summed E-state index contributed by atoms with van der Waals surface area (Å²) < 4.78 is 5.99. The minimum atomic E-state index is -0.306. The predicted octanol–water partition coefficient (Wildman–Crippen LogP) is -0.390. The van der Waals surface area contributed by atoms with Crippen LogP contribution in [-0.4, -0.2) is 57.4 Å². The first-order valence-corrected chi connectivity index (χ1v) is 8.69. The molecular formula is C16H24N6O3. The first kappa shape index (κ1) is 16.5. The van der Waals surface area contributed by atoms with Crippen molar-refractivity contribution in [3.05, 3.63) is 5.82 Å². The number of nitrogen functional groups attached to an aromatic ring is 1. The van der Waals surface area contributed by atoms with Gasteiger partial charge in [0.1, 0.15) is 5.82 Å². The van der Waals surface area contributed by atoms with Crippen LogP contribution in [0.4, 0.5) is 11.9 Å². The molecule has 5 rings (SSSR count). The number of fused-ring (bicyclic) bond motifs is 1. The van der Waals surface area contributed by atoms with Crippen LogP contribution in [0.25, 0.3) is 0 Å². The first-order chi connectivity index (χ1) is 11.9. The van der Waals surface area contributed by atoms with Crippen LogP contribution in [0.2, 0.25) is 0 Å². The molecule has 0 radical (unpaired) electrons. The molecule has 2 saturated carbocycles. The lowest BCUT2D eigenvalue weighted by Crippen LogP contribution is -2.54. The Bertz CT molecular complexity index is 664. The second kappa shape index (κ2) is 5.77. The standard InChI is InChI=1S/C16H24N6O3/c1-9-20-13(17)22-14(21-9)19-7-16-4-15(5-16,8-25-16)6-18-12(24)10-2-11(23)3-10/h10-11,23H,2-8H2,1H3,(H,18,24)(H3,17,19,20,21,22). The number of aryl methyl sites for hydroxylation is 1. The summed E-state index contributed by atoms with van der Waals surface area (Å²) in [5.41, 5.74) is 5.45. The fourth-order valence-corrected chi connectivity index (χ4v) is 4.22. The van der Waals surface area contributed by atoms with E-state index in [1.165, 1.54) is 0 Å². The van der Waals surface area contributed by atoms with Crippen LogP contribution in [0.15, 0.2) is 0 Å². The van der Waals surface area contributed by atoms with Crippen molar-refractivity contribution in [3.8, 4) is 0 Å². The van der Waals surface area contributed by atoms with Crippen molar-refractivity contribution in [3.63, 3.8) is 0 Å². The quantitative estimate of drug-likeness (QED) is 0.546. The Morgan fingerprint density at radius 3 is 2.76 bits per heavy atom. The number of anilines is 2. The highest BCUT2D eigenvalue weighted by Gasteiger charge is 2.62. The summed E-state index contributed by atoms with van der Waals surface area (Å²) >= 11 is 0. The lowest BCUT2D eigenvalue weighted by Gasteiger charge is -2.45. The largest absolute Gasteiger partial charge is 0.393 e. The third-order valence-electron chi connectivity index (χ3n) is 5.53. The van der Waals surface area contributed by atoms with Gasteiger partial charge in [0.05, 0.1) is 18.3 Å². The Morgan fingerprint density at radius 2 is 2.08 bits per heavy atom. The van der Waals surface area contributed by atoms with Crippen LogP contribution in [0, 0.1) is 18.3 Å². The van der Waals surface area contributed by atoms with Gasteiger partial charge >= 0.3 is 0 Å². The van der Waals surface area contributed by atoms with Crippen LogP contribution in [0.1, 0.15) is 31.5 Å². The van der Waals surface area contributed by atoms with E-state index in [2.05, 4.69) is 25.6 Å². The number of hydrogen-bond acceptors (Lipinski definition) is 8. The van der Waals surface area contributed by atoms with Gasteiger partial charge in [0.15, 0.2) is 0 Å². The van der Waals surface area contributed by atoms with Crippen molar-refractivity contribution in [1.29, 1.82) is 0 Å². The molecule has 2 aliphatic carbocycles. The molecule has 0 unspecified atom stereocenters. The van der Waals surface area contributed by atoms with Gasteiger partial charge in [-0.05, 0) is 32.6 Å². The molecule has 2 bridgehead atoms. The van der Waals surface area contributed by atoms with Crippen LogP contribution < -0.4 is 16.4 Å². The molecule has 25 heavy (non-hydrogen) atoms. The number of ether oxygens (including phenoxy) is 1. The maximum absolute atomic E-state index is 12.0. The molecule has 0 spiro atoms. The average molecular weight is 348 g/mol. The normalized spacial score (nSPS) is 35.6. The Balaban J connectivity index is 1.26. The Hall–Kier alpha value is -2.00. The van der Waals surface area contributed by atoms with Gasteiger partial charge in [0, 0.05) is 24.4 Å². The van der Waals surface area contributed by atoms with E-state index in [4.69, 9.17) is 10.5 Å². The first-order valence-electron chi connectivity index (χ1n) is 8.69. The van der Waals surface area contributed by atoms with Crippen LogP contribution >= 0.6 is 0 Å². The molecule has 9 heteroatoms. The number of carbonyl (C=O) groups is 1. The second-order valence-electron chi connectivity index (χ2n) is 7.78. The number of nitrogens with two attached hydrogens (primary N) is 1. The zero-order chi connectivity index (χ0) is 17.7. The number of nitrogens with zero attached hydrogens (tertiary/aromatic N) is 3. The van der Waals surface area contributed by atoms with Gasteiger partial charge < -0.3 is 26.2 Å². The van der Waals surface area contributed by atoms with Gasteiger partial charge in [-0.2, -0.15) is 15.0 Å². The zero-order valence-electron chi connectivity index (χ0n) is 14.3. The molecule has 4 aliphatic rings. The van der Waals surface area contributed by atoms with E-state index in [0.717, 1.165) is 12.8 Å². The smallest absolute Gasteiger partial charge is 0.227 e. The SMILES string of the molecule is Cc1nc(N)nc(NCC23CC(CNC(=O)C4CC(O)C4)(CO2)C3)n1. The molecule has 3 heterocycles. The van der Waals surface area contributed by atoms with Gasteiger partial charge in [0.2, 0.25) is 17.8 Å². The molecule has 2 saturated heterocycles. The number of rotatable bonds is 6. The van der Waals surface area contributed by atoms with Crippen LogP contribution in [0.5, 0.6) is 0 Å². The fraction of sp³-hybridized carbons (Fsp3) is 0.750. The number of aromatic nitrogens is 3. The number of carbonyl (C=O) groups excluding carboxylic acids is 1. The molecule has 1 aromatic heterocycles. The Labute approximate surface area is 145 Å². The number of hydrogen-bond donors (Lipinski definition) is 4. The van der Waals surface area contributed by atoms with E-state index in [9.17, 15) is 9.90 Å². The molecule has 136 valence electrons. The molecule has 5 N–H and O–H groups in total. The number of aliphatic hydroxyl groups excluding tert-OH is 1. The summed E-state index contributed by atoms with van der Waals surface area (Å²) in [5.74, 6) is 1.26. The molecule has 4 fully saturated rings. The van der Waals surface area contributed by atoms with E-state index >= 15 is 0 Å². The highest BCUT2D eigenvalue weighted by molar-refractivity contribution is 5.79. The lowest BCUT2D eigenvalue weighted by atomic mass is 9.62. The maximum atomic E-state index is 12.0. The van der Waals surface area contributed by atoms with Crippen molar-refractivity contribution in [2.24, 2.45) is 11.3 Å². The van der Waals surface area contributed by atoms with Gasteiger partial charge in [-0.3, -0.25) is 4.79 Å². The Morgan fingerprint density at radius 1 is 1.32 bits per heavy atom. The predicted molar refractivity (Wildman–Crippen MR) is 89.6 cm³/mol. The number of amides is 1. The number of aliphatic hydroxyl groups is 1. The van der Waals surface area contributed by atoms with Gasteiger partial charge in [0.25, 0.3) is 0 Å². The molecule has 9 nitrogen and oxygen atoms in total. The second-order valence-corrected chi connectivity index (χ2v) is 7.78. The Kier molecular flexibility index (Phi) is 3.80. The van der Waals surface area contributed by atoms with E-state index in [-0.39, 0.29) is 34.9 Å². The van der Waals surface area contributed by atoms with Crippen molar-refractivity contribution in [1.82, 2.24) is 20.3 Å². The number of nitrogens with one attached hydrogen (secondary N) is 2. The van der Waals surface area contributed by atoms with Gasteiger partial charge in [-0.1, -0.05) is 0 Å². The lowest BCUT2D eigenvalue weighted by molar-refractivity contribution is -0.132. The van der Waals surface area contributed by atoms with Crippen molar-refractivity contribution >= 4 is 17.8 Å². The minimum absolute atomic E-state index is 0.0299. The van der Waals surface area contributed by atoms with Crippen molar-refractivity contribution in [2.75, 3.05) is 30.7 Å². The van der Waals surface area contributed by atoms with Crippen LogP contribution in [-0.2, 0) is 9.53 Å². The van der Waals surface area contributed by atoms with E-state index in [0.29, 0.717) is 44.3 Å². The third kappa shape index (κ3) is 3.13. The summed E-state index contributed by atoms with van der Waals surface area (Å²) in [5, 5.41) is 15.5. The van der Waals surface area contributed by atoms with Crippen LogP contribution in [0.3, 0.4) is 0 Å². The van der Waals surface area contributed by atoms with E-state index in [1.807, 2.05) is 0 Å². The van der Waals surface area contributed by atoms with Crippen molar-refractivity contribution < 1.29 is 14.6 Å². The van der Waals surface area contributed by atoms with Gasteiger partial charge in [-0.15, -0.1) is 0 Å². The monoisotopic (exact) mass is 348 g/mol. The summed E-state index contributed by atoms with van der Waals surface area (Å²) in [4.78, 5) is 24.3. The third-order valence-corrected chi connectivity index (χ3v) is 5.53.